The van der Waals surface area contributed by atoms with Crippen molar-refractivity contribution in [3.05, 3.63) is 77.5 Å². The fourth-order valence-corrected chi connectivity index (χ4v) is 8.40. The van der Waals surface area contributed by atoms with E-state index in [0.717, 1.165) is 5.95 Å². The Morgan fingerprint density at radius 2 is 1.43 bits per heavy atom. The molecule has 3 nitrogen and oxygen atoms in total. The number of anilines is 2. The van der Waals surface area contributed by atoms with Crippen LogP contribution in [-0.4, -0.2) is 9.55 Å². The predicted molar refractivity (Wildman–Crippen MR) is 147 cm³/mol. The molecular formula is C33H39IrN3-2. The fraction of sp³-hybridized carbons (Fsp3) is 0.515. The van der Waals surface area contributed by atoms with Gasteiger partial charge in [0.25, 0.3) is 0 Å². The van der Waals surface area contributed by atoms with Crippen LogP contribution in [-0.2, 0) is 20.1 Å². The normalized spacial score (nSPS) is 31.9. The average Bonchev–Trinajstić information content (AvgIpc) is 3.44. The van der Waals surface area contributed by atoms with E-state index in [1.54, 1.807) is 0 Å². The topological polar surface area (TPSA) is 21.1 Å². The Balaban J connectivity index is 0.00000252. The molecule has 0 N–H and O–H groups in total. The Bertz CT molecular complexity index is 1270. The molecule has 0 bridgehead atoms. The molecule has 1 radical (unpaired) electrons. The first kappa shape index (κ1) is 25.3. The van der Waals surface area contributed by atoms with Crippen LogP contribution in [0.3, 0.4) is 0 Å². The van der Waals surface area contributed by atoms with Crippen molar-refractivity contribution in [3.8, 4) is 5.69 Å². The molecule has 3 aromatic rings. The molecule has 5 unspecified atom stereocenters. The van der Waals surface area contributed by atoms with Crippen LogP contribution in [0, 0.1) is 36.2 Å². The molecule has 3 heterocycles. The zero-order chi connectivity index (χ0) is 24.6. The summed E-state index contributed by atoms with van der Waals surface area (Å²) in [4.78, 5) is 8.23. The largest absolute Gasteiger partial charge is 0.368 e. The summed E-state index contributed by atoms with van der Waals surface area (Å²) in [5.74, 6) is 4.91. The van der Waals surface area contributed by atoms with E-state index in [1.165, 1.54) is 72.4 Å². The minimum Gasteiger partial charge on any atom is -0.368 e. The quantitative estimate of drug-likeness (QED) is 0.255. The average molecular weight is 670 g/mol. The third-order valence-electron chi connectivity index (χ3n) is 10.1. The van der Waals surface area contributed by atoms with Crippen molar-refractivity contribution in [2.24, 2.45) is 23.7 Å². The van der Waals surface area contributed by atoms with Crippen molar-refractivity contribution in [2.45, 2.75) is 84.1 Å². The van der Waals surface area contributed by atoms with Gasteiger partial charge in [-0.3, -0.25) is 0 Å². The number of rotatable bonds is 2. The maximum absolute atomic E-state index is 5.71. The monoisotopic (exact) mass is 670 g/mol. The fourth-order valence-electron chi connectivity index (χ4n) is 8.40. The number of fused-ring (bicyclic) bond motifs is 8. The van der Waals surface area contributed by atoms with E-state index < -0.39 is 0 Å². The molecule has 2 aliphatic heterocycles. The molecule has 4 heteroatoms. The van der Waals surface area contributed by atoms with E-state index in [1.807, 2.05) is 0 Å². The van der Waals surface area contributed by atoms with Gasteiger partial charge < -0.3 is 9.47 Å². The third kappa shape index (κ3) is 3.77. The molecule has 2 aromatic carbocycles. The number of hydrogen-bond donors (Lipinski definition) is 0. The van der Waals surface area contributed by atoms with Crippen LogP contribution in [0.15, 0.2) is 42.5 Å². The molecule has 0 saturated heterocycles. The van der Waals surface area contributed by atoms with Crippen molar-refractivity contribution in [2.75, 3.05) is 4.90 Å². The molecule has 0 amide bonds. The van der Waals surface area contributed by atoms with E-state index >= 15 is 0 Å². The molecule has 2 saturated carbocycles. The molecule has 1 aromatic heterocycles. The number of nitrogens with zero attached hydrogens (tertiary/aromatic N) is 3. The van der Waals surface area contributed by atoms with E-state index in [-0.39, 0.29) is 26.1 Å². The van der Waals surface area contributed by atoms with Gasteiger partial charge in [0.15, 0.2) is 5.95 Å². The van der Waals surface area contributed by atoms with Gasteiger partial charge in [0.1, 0.15) is 0 Å². The zero-order valence-electron chi connectivity index (χ0n) is 22.6. The van der Waals surface area contributed by atoms with Crippen molar-refractivity contribution < 1.29 is 20.1 Å². The Morgan fingerprint density at radius 1 is 0.811 bits per heavy atom. The summed E-state index contributed by atoms with van der Waals surface area (Å²) >= 11 is 0. The maximum Gasteiger partial charge on any atom is 0.192 e. The first-order chi connectivity index (χ1) is 17.5. The second-order valence-corrected chi connectivity index (χ2v) is 12.3. The number of hydrogen-bond acceptors (Lipinski definition) is 2. The van der Waals surface area contributed by atoms with Crippen LogP contribution in [0.2, 0.25) is 0 Å². The van der Waals surface area contributed by atoms with Crippen LogP contribution in [0.25, 0.3) is 5.69 Å². The van der Waals surface area contributed by atoms with Gasteiger partial charge in [-0.05, 0) is 23.7 Å². The van der Waals surface area contributed by atoms with Gasteiger partial charge in [-0.1, -0.05) is 89.7 Å². The maximum atomic E-state index is 5.71. The molecule has 4 aliphatic rings. The van der Waals surface area contributed by atoms with Gasteiger partial charge in [-0.25, -0.2) is 4.98 Å². The van der Waals surface area contributed by atoms with Gasteiger partial charge in [-0.2, -0.15) is 36.2 Å². The van der Waals surface area contributed by atoms with E-state index in [9.17, 15) is 0 Å². The van der Waals surface area contributed by atoms with E-state index in [2.05, 4.69) is 92.1 Å². The van der Waals surface area contributed by atoms with Gasteiger partial charge >= 0.3 is 0 Å². The predicted octanol–water partition coefficient (Wildman–Crippen LogP) is 8.51. The summed E-state index contributed by atoms with van der Waals surface area (Å²) in [7, 11) is 0. The number of benzene rings is 2. The first-order valence-corrected chi connectivity index (χ1v) is 14.4. The Kier molecular flexibility index (Phi) is 6.56. The summed E-state index contributed by atoms with van der Waals surface area (Å²) in [6.07, 6.45) is 10.4. The summed E-state index contributed by atoms with van der Waals surface area (Å²) in [5.41, 5.74) is 8.11. The molecule has 7 rings (SSSR count). The second-order valence-electron chi connectivity index (χ2n) is 12.3. The molecule has 2 aliphatic carbocycles. The second kappa shape index (κ2) is 9.62. The van der Waals surface area contributed by atoms with Crippen LogP contribution < -0.4 is 4.90 Å². The summed E-state index contributed by atoms with van der Waals surface area (Å²) in [6, 6.07) is 19.3. The van der Waals surface area contributed by atoms with E-state index in [0.29, 0.717) is 35.5 Å². The SMILES string of the molecule is CC1CCCC(C)C1c1nc2n(c1C1C(C)CCCC1C)-c1ccc[c-]c1C1[CH-]c3ccccc3N21.[Ir]. The molecule has 37 heavy (non-hydrogen) atoms. The van der Waals surface area contributed by atoms with Gasteiger partial charge in [0, 0.05) is 43.7 Å². The zero-order valence-corrected chi connectivity index (χ0v) is 25.0. The minimum atomic E-state index is 0. The van der Waals surface area contributed by atoms with Crippen LogP contribution in [0.5, 0.6) is 0 Å². The Labute approximate surface area is 236 Å². The number of imidazole rings is 1. The minimum absolute atomic E-state index is 0. The summed E-state index contributed by atoms with van der Waals surface area (Å²) in [5, 5.41) is 0. The molecular weight excluding hydrogens is 631 g/mol. The summed E-state index contributed by atoms with van der Waals surface area (Å²) < 4.78 is 2.60. The van der Waals surface area contributed by atoms with Gasteiger partial charge in [0.2, 0.25) is 0 Å². The van der Waals surface area contributed by atoms with Crippen molar-refractivity contribution in [3.63, 3.8) is 0 Å². The molecule has 197 valence electrons. The molecule has 2 fully saturated rings. The molecule has 5 atom stereocenters. The van der Waals surface area contributed by atoms with Crippen molar-refractivity contribution in [1.82, 2.24) is 9.55 Å². The Hall–Kier alpha value is -2.03. The van der Waals surface area contributed by atoms with Crippen LogP contribution in [0.1, 0.15) is 107 Å². The van der Waals surface area contributed by atoms with E-state index in [4.69, 9.17) is 4.98 Å². The van der Waals surface area contributed by atoms with Crippen molar-refractivity contribution >= 4 is 11.6 Å². The van der Waals surface area contributed by atoms with Crippen LogP contribution >= 0.6 is 0 Å². The van der Waals surface area contributed by atoms with Gasteiger partial charge in [-0.15, -0.1) is 17.7 Å². The molecule has 0 spiro atoms. The number of aromatic nitrogens is 2. The third-order valence-corrected chi connectivity index (χ3v) is 10.1. The first-order valence-electron chi connectivity index (χ1n) is 14.4. The standard InChI is InChI=1S/C33H39N3.Ir/c1-20-11-9-12-21(2)29(20)31-32(30-22(3)13-10-14-23(30)4)36-27-18-8-6-16-25(27)28-19-24-15-5-7-17-26(24)35(28)33(36)34-31;/h5-8,15,17-23,28-30H,9-14H2,1-4H3;/q-2;. The summed E-state index contributed by atoms with van der Waals surface area (Å²) in [6.45, 7) is 9.97. The van der Waals surface area contributed by atoms with Gasteiger partial charge in [0.05, 0.1) is 5.69 Å². The number of para-hydroxylation sites is 1. The van der Waals surface area contributed by atoms with Crippen LogP contribution in [0.4, 0.5) is 11.6 Å². The van der Waals surface area contributed by atoms with Crippen molar-refractivity contribution in [1.29, 1.82) is 0 Å². The smallest absolute Gasteiger partial charge is 0.192 e. The Morgan fingerprint density at radius 3 is 2.14 bits per heavy atom.